The molecule has 0 aliphatic rings. The maximum atomic E-state index is 13.1. The molecular formula is C23H33N3O4S. The number of nitrogens with two attached hydrogens (primary N) is 2. The molecule has 0 unspecified atom stereocenters. The molecule has 0 amide bonds. The molecule has 0 heterocycles. The molecule has 0 aliphatic heterocycles. The molecule has 0 saturated carbocycles. The molecule has 0 atom stereocenters. The lowest BCUT2D eigenvalue weighted by Crippen LogP contribution is -2.33. The number of hydrogen-bond acceptors (Lipinski definition) is 7. The Kier molecular flexibility index (Phi) is 7.28. The van der Waals surface area contributed by atoms with Crippen molar-refractivity contribution in [2.24, 2.45) is 11.6 Å². The van der Waals surface area contributed by atoms with Crippen molar-refractivity contribution in [3.8, 4) is 11.5 Å². The van der Waals surface area contributed by atoms with E-state index < -0.39 is 9.84 Å². The van der Waals surface area contributed by atoms with Gasteiger partial charge in [0.15, 0.2) is 5.03 Å². The lowest BCUT2D eigenvalue weighted by Gasteiger charge is -2.25. The van der Waals surface area contributed by atoms with Crippen molar-refractivity contribution in [1.82, 2.24) is 0 Å². The molecule has 0 saturated heterocycles. The number of nitrogens with zero attached hydrogens (tertiary/aromatic N) is 1. The van der Waals surface area contributed by atoms with Crippen LogP contribution in [0.1, 0.15) is 45.7 Å². The highest BCUT2D eigenvalue weighted by Gasteiger charge is 2.25. The van der Waals surface area contributed by atoms with Gasteiger partial charge >= 0.3 is 0 Å². The fraction of sp³-hybridized carbons (Fsp3) is 0.391. The molecule has 0 bridgehead atoms. The van der Waals surface area contributed by atoms with Gasteiger partial charge in [0.05, 0.1) is 24.8 Å². The largest absolute Gasteiger partial charge is 0.496 e. The Morgan fingerprint density at radius 3 is 2.03 bits per heavy atom. The van der Waals surface area contributed by atoms with E-state index in [0.717, 1.165) is 17.5 Å². The van der Waals surface area contributed by atoms with Crippen molar-refractivity contribution >= 4 is 15.5 Å². The SMILES string of the molecule is CCc1cc(OC)c(N(N)/C(C)=C(\N)S(=O)(=O)c2ccc(C(C)(C)C)cc2)cc1OC. The summed E-state index contributed by atoms with van der Waals surface area (Å²) in [4.78, 5) is 0.108. The van der Waals surface area contributed by atoms with E-state index in [1.54, 1.807) is 44.4 Å². The minimum absolute atomic E-state index is 0.0894. The van der Waals surface area contributed by atoms with Gasteiger partial charge in [0.25, 0.3) is 0 Å². The summed E-state index contributed by atoms with van der Waals surface area (Å²) in [7, 11) is -0.852. The molecule has 8 heteroatoms. The molecule has 2 rings (SSSR count). The number of benzene rings is 2. The number of rotatable bonds is 7. The fourth-order valence-corrected chi connectivity index (χ4v) is 4.40. The van der Waals surface area contributed by atoms with E-state index in [4.69, 9.17) is 21.1 Å². The first-order valence-electron chi connectivity index (χ1n) is 10.00. The van der Waals surface area contributed by atoms with E-state index in [2.05, 4.69) is 20.8 Å². The van der Waals surface area contributed by atoms with E-state index in [-0.39, 0.29) is 21.0 Å². The number of allylic oxidation sites excluding steroid dienone is 1. The van der Waals surface area contributed by atoms with E-state index in [9.17, 15) is 8.42 Å². The molecule has 0 spiro atoms. The minimum atomic E-state index is -3.94. The summed E-state index contributed by atoms with van der Waals surface area (Å²) in [6.45, 7) is 9.74. The van der Waals surface area contributed by atoms with E-state index in [1.807, 2.05) is 13.0 Å². The van der Waals surface area contributed by atoms with Gasteiger partial charge in [0.1, 0.15) is 17.2 Å². The van der Waals surface area contributed by atoms with E-state index in [1.165, 1.54) is 12.1 Å². The summed E-state index contributed by atoms with van der Waals surface area (Å²) in [6.07, 6.45) is 0.736. The average molecular weight is 448 g/mol. The summed E-state index contributed by atoms with van der Waals surface area (Å²) in [5.74, 6) is 7.39. The highest BCUT2D eigenvalue weighted by molar-refractivity contribution is 7.95. The molecule has 31 heavy (non-hydrogen) atoms. The van der Waals surface area contributed by atoms with Gasteiger partial charge in [-0.25, -0.2) is 14.3 Å². The predicted molar refractivity (Wildman–Crippen MR) is 125 cm³/mol. The molecule has 4 N–H and O–H groups in total. The first-order valence-corrected chi connectivity index (χ1v) is 11.5. The van der Waals surface area contributed by atoms with Crippen molar-refractivity contribution < 1.29 is 17.9 Å². The van der Waals surface area contributed by atoms with Crippen LogP contribution in [0.4, 0.5) is 5.69 Å². The quantitative estimate of drug-likeness (QED) is 0.490. The Bertz CT molecular complexity index is 1070. The van der Waals surface area contributed by atoms with Crippen molar-refractivity contribution in [3.05, 3.63) is 58.3 Å². The highest BCUT2D eigenvalue weighted by Crippen LogP contribution is 2.36. The number of anilines is 1. The van der Waals surface area contributed by atoms with Gasteiger partial charge in [-0.3, -0.25) is 5.01 Å². The van der Waals surface area contributed by atoms with Crippen LogP contribution in [0.5, 0.6) is 11.5 Å². The summed E-state index contributed by atoms with van der Waals surface area (Å²) in [5, 5.41) is 0.871. The minimum Gasteiger partial charge on any atom is -0.496 e. The van der Waals surface area contributed by atoms with Crippen molar-refractivity contribution in [2.45, 2.75) is 51.3 Å². The van der Waals surface area contributed by atoms with E-state index in [0.29, 0.717) is 17.2 Å². The number of hydrazine groups is 1. The summed E-state index contributed by atoms with van der Waals surface area (Å²) in [5.41, 5.74) is 8.60. The zero-order valence-corrected chi connectivity index (χ0v) is 20.1. The van der Waals surface area contributed by atoms with Crippen LogP contribution in [0.15, 0.2) is 52.0 Å². The third-order valence-corrected chi connectivity index (χ3v) is 7.03. The Morgan fingerprint density at radius 1 is 1.03 bits per heavy atom. The zero-order chi connectivity index (χ0) is 23.6. The van der Waals surface area contributed by atoms with Gasteiger partial charge in [-0.15, -0.1) is 0 Å². The third kappa shape index (κ3) is 4.97. The van der Waals surface area contributed by atoms with Gasteiger partial charge in [0.2, 0.25) is 9.84 Å². The van der Waals surface area contributed by atoms with Crippen LogP contribution in [0.2, 0.25) is 0 Å². The van der Waals surface area contributed by atoms with Gasteiger partial charge in [-0.2, -0.15) is 0 Å². The number of methoxy groups -OCH3 is 2. The molecule has 2 aromatic carbocycles. The summed E-state index contributed by atoms with van der Waals surface area (Å²) >= 11 is 0. The molecule has 0 aromatic heterocycles. The number of sulfone groups is 1. The Hall–Kier alpha value is -2.71. The smallest absolute Gasteiger partial charge is 0.223 e. The molecule has 7 nitrogen and oxygen atoms in total. The topological polar surface area (TPSA) is 108 Å². The average Bonchev–Trinajstić information content (AvgIpc) is 2.75. The summed E-state index contributed by atoms with van der Waals surface area (Å²) in [6, 6.07) is 10.3. The van der Waals surface area contributed by atoms with Crippen molar-refractivity contribution in [1.29, 1.82) is 0 Å². The zero-order valence-electron chi connectivity index (χ0n) is 19.3. The van der Waals surface area contributed by atoms with Crippen molar-refractivity contribution in [3.63, 3.8) is 0 Å². The molecule has 2 aromatic rings. The second-order valence-corrected chi connectivity index (χ2v) is 10.2. The van der Waals surface area contributed by atoms with Gasteiger partial charge in [-0.1, -0.05) is 39.8 Å². The van der Waals surface area contributed by atoms with Crippen LogP contribution in [-0.4, -0.2) is 22.6 Å². The maximum Gasteiger partial charge on any atom is 0.223 e. The Morgan fingerprint density at radius 2 is 1.58 bits per heavy atom. The number of aryl methyl sites for hydroxylation is 1. The highest BCUT2D eigenvalue weighted by atomic mass is 32.2. The van der Waals surface area contributed by atoms with Gasteiger partial charge in [0, 0.05) is 6.07 Å². The number of hydrogen-bond donors (Lipinski definition) is 2. The normalized spacial score (nSPS) is 12.9. The first kappa shape index (κ1) is 24.6. The van der Waals surface area contributed by atoms with Crippen LogP contribution < -0.4 is 26.1 Å². The maximum absolute atomic E-state index is 13.1. The second-order valence-electron chi connectivity index (χ2n) is 8.29. The molecular weight excluding hydrogens is 414 g/mol. The lowest BCUT2D eigenvalue weighted by atomic mass is 9.87. The van der Waals surface area contributed by atoms with Crippen LogP contribution in [-0.2, 0) is 21.7 Å². The lowest BCUT2D eigenvalue weighted by molar-refractivity contribution is 0.399. The molecule has 0 fully saturated rings. The Labute approximate surface area is 185 Å². The van der Waals surface area contributed by atoms with Crippen LogP contribution in [0.3, 0.4) is 0 Å². The predicted octanol–water partition coefficient (Wildman–Crippen LogP) is 3.87. The van der Waals surface area contributed by atoms with Crippen LogP contribution in [0, 0.1) is 0 Å². The van der Waals surface area contributed by atoms with Crippen molar-refractivity contribution in [2.75, 3.05) is 19.2 Å². The molecule has 170 valence electrons. The van der Waals surface area contributed by atoms with Crippen LogP contribution >= 0.6 is 0 Å². The third-order valence-electron chi connectivity index (χ3n) is 5.26. The second kappa shape index (κ2) is 9.20. The van der Waals surface area contributed by atoms with Crippen LogP contribution in [0.25, 0.3) is 0 Å². The van der Waals surface area contributed by atoms with Gasteiger partial charge in [-0.05, 0) is 48.1 Å². The first-order chi connectivity index (χ1) is 14.4. The monoisotopic (exact) mass is 447 g/mol. The molecule has 0 aliphatic carbocycles. The fourth-order valence-electron chi connectivity index (χ4n) is 3.16. The summed E-state index contributed by atoms with van der Waals surface area (Å²) < 4.78 is 37.2. The van der Waals surface area contributed by atoms with E-state index >= 15 is 0 Å². The van der Waals surface area contributed by atoms with Gasteiger partial charge < -0.3 is 15.2 Å². The number of ether oxygens (including phenoxy) is 2. The molecule has 0 radical (unpaired) electrons. The standard InChI is InChI=1S/C23H33N3O4S/c1-8-16-13-21(30-7)19(14-20(16)29-6)26(25)15(2)22(24)31(27,28)18-11-9-17(10-12-18)23(3,4)5/h9-14H,8,24-25H2,1-7H3/b22-15+. The Balaban J connectivity index is 2.52.